The number of nitro benzene ring substituents is 1. The van der Waals surface area contributed by atoms with Crippen LogP contribution in [-0.4, -0.2) is 27.9 Å². The minimum absolute atomic E-state index is 0.0405. The first-order valence-electron chi connectivity index (χ1n) is 8.36. The van der Waals surface area contributed by atoms with E-state index in [1.54, 1.807) is 43.8 Å². The molecule has 2 N–H and O–H groups in total. The normalized spacial score (nSPS) is 10.9. The molecule has 9 heteroatoms. The summed E-state index contributed by atoms with van der Waals surface area (Å²) in [7, 11) is 1.55. The molecule has 9 nitrogen and oxygen atoms in total. The summed E-state index contributed by atoms with van der Waals surface area (Å²) in [5.41, 5.74) is 8.19. The molecule has 28 heavy (non-hydrogen) atoms. The number of rotatable bonds is 7. The summed E-state index contributed by atoms with van der Waals surface area (Å²) < 4.78 is 12.7. The number of benzene rings is 2. The number of imidazole rings is 1. The molecule has 0 bridgehead atoms. The van der Waals surface area contributed by atoms with Crippen molar-refractivity contribution in [2.75, 3.05) is 12.8 Å². The molecule has 0 saturated carbocycles. The third-order valence-electron chi connectivity index (χ3n) is 3.90. The Labute approximate surface area is 161 Å². The fourth-order valence-corrected chi connectivity index (χ4v) is 2.48. The highest BCUT2D eigenvalue weighted by molar-refractivity contribution is 5.81. The van der Waals surface area contributed by atoms with Gasteiger partial charge in [0.1, 0.15) is 6.61 Å². The maximum atomic E-state index is 10.7. The molecule has 0 aliphatic carbocycles. The Hall–Kier alpha value is -3.88. The van der Waals surface area contributed by atoms with Gasteiger partial charge in [0.05, 0.1) is 30.1 Å². The van der Waals surface area contributed by atoms with Crippen LogP contribution in [0.15, 0.2) is 53.8 Å². The zero-order chi connectivity index (χ0) is 20.1. The molecule has 3 aromatic rings. The molecule has 0 spiro atoms. The molecule has 3 rings (SSSR count). The quantitative estimate of drug-likeness (QED) is 0.382. The van der Waals surface area contributed by atoms with Crippen LogP contribution in [0.3, 0.4) is 0 Å². The zero-order valence-electron chi connectivity index (χ0n) is 15.4. The summed E-state index contributed by atoms with van der Waals surface area (Å²) in [5, 5.41) is 15.0. The maximum Gasteiger partial charge on any atom is 0.269 e. The highest BCUT2D eigenvalue weighted by Crippen LogP contribution is 2.28. The number of aryl methyl sites for hydroxylation is 1. The van der Waals surface area contributed by atoms with Gasteiger partial charge in [0.25, 0.3) is 5.69 Å². The van der Waals surface area contributed by atoms with E-state index in [0.29, 0.717) is 17.4 Å². The fraction of sp³-hybridized carbons (Fsp3) is 0.158. The Morgan fingerprint density at radius 2 is 2.00 bits per heavy atom. The fourth-order valence-electron chi connectivity index (χ4n) is 2.48. The van der Waals surface area contributed by atoms with E-state index in [1.807, 2.05) is 13.0 Å². The topological polar surface area (TPSA) is 118 Å². The lowest BCUT2D eigenvalue weighted by Gasteiger charge is -2.11. The Morgan fingerprint density at radius 1 is 1.25 bits per heavy atom. The van der Waals surface area contributed by atoms with Crippen molar-refractivity contribution < 1.29 is 14.4 Å². The molecule has 0 fully saturated rings. The van der Waals surface area contributed by atoms with E-state index in [4.69, 9.17) is 15.2 Å². The van der Waals surface area contributed by atoms with E-state index in [0.717, 1.165) is 16.8 Å². The molecular formula is C19H19N5O4. The third kappa shape index (κ3) is 4.44. The van der Waals surface area contributed by atoms with Gasteiger partial charge in [0, 0.05) is 12.1 Å². The van der Waals surface area contributed by atoms with Crippen molar-refractivity contribution >= 4 is 17.9 Å². The van der Waals surface area contributed by atoms with Crippen LogP contribution in [0.4, 0.5) is 11.6 Å². The molecule has 144 valence electrons. The molecule has 0 radical (unpaired) electrons. The molecule has 0 unspecified atom stereocenters. The molecule has 0 aliphatic heterocycles. The van der Waals surface area contributed by atoms with Crippen LogP contribution >= 0.6 is 0 Å². The Bertz CT molecular complexity index is 1010. The lowest BCUT2D eigenvalue weighted by atomic mass is 10.2. The number of non-ortho nitro benzene ring substituents is 1. The molecule has 1 heterocycles. The predicted molar refractivity (Wildman–Crippen MR) is 105 cm³/mol. The number of nitrogens with zero attached hydrogens (tertiary/aromatic N) is 4. The number of nitrogens with two attached hydrogens (primary N) is 1. The van der Waals surface area contributed by atoms with Gasteiger partial charge in [0.2, 0.25) is 5.95 Å². The lowest BCUT2D eigenvalue weighted by Crippen LogP contribution is -1.99. The molecule has 1 aromatic heterocycles. The van der Waals surface area contributed by atoms with Gasteiger partial charge in [-0.05, 0) is 48.4 Å². The summed E-state index contributed by atoms with van der Waals surface area (Å²) in [4.78, 5) is 14.4. The van der Waals surface area contributed by atoms with Gasteiger partial charge in [-0.25, -0.2) is 9.66 Å². The van der Waals surface area contributed by atoms with Crippen molar-refractivity contribution in [3.05, 3.63) is 75.6 Å². The number of hydrogen-bond acceptors (Lipinski definition) is 7. The average Bonchev–Trinajstić information content (AvgIpc) is 3.02. The SMILES string of the molecule is COc1cc(C=Nn2cc(C)nc2N)ccc1OCc1ccc([N+](=O)[O-])cc1. The molecule has 0 atom stereocenters. The standard InChI is InChI=1S/C19H19N5O4/c1-13-11-23(19(20)22-13)21-10-15-5-8-17(18(9-15)27-2)28-12-14-3-6-16(7-4-14)24(25)26/h3-11H,12H2,1-2H3,(H2,20,22). The minimum Gasteiger partial charge on any atom is -0.493 e. The van der Waals surface area contributed by atoms with Gasteiger partial charge in [-0.1, -0.05) is 0 Å². The second-order valence-electron chi connectivity index (χ2n) is 5.95. The number of nitro groups is 1. The van der Waals surface area contributed by atoms with Crippen LogP contribution < -0.4 is 15.2 Å². The van der Waals surface area contributed by atoms with Gasteiger partial charge in [0.15, 0.2) is 11.5 Å². The first-order chi connectivity index (χ1) is 13.5. The Kier molecular flexibility index (Phi) is 5.54. The highest BCUT2D eigenvalue weighted by Gasteiger charge is 2.08. The zero-order valence-corrected chi connectivity index (χ0v) is 15.4. The Balaban J connectivity index is 1.70. The predicted octanol–water partition coefficient (Wildman–Crippen LogP) is 3.15. The number of anilines is 1. The molecule has 2 aromatic carbocycles. The number of methoxy groups -OCH3 is 1. The largest absolute Gasteiger partial charge is 0.493 e. The summed E-state index contributed by atoms with van der Waals surface area (Å²) in [5.74, 6) is 1.40. The van der Waals surface area contributed by atoms with Crippen LogP contribution in [0.5, 0.6) is 11.5 Å². The minimum atomic E-state index is -0.438. The number of hydrogen-bond donors (Lipinski definition) is 1. The smallest absolute Gasteiger partial charge is 0.269 e. The van der Waals surface area contributed by atoms with Gasteiger partial charge in [-0.2, -0.15) is 5.10 Å². The van der Waals surface area contributed by atoms with Crippen molar-refractivity contribution in [3.63, 3.8) is 0 Å². The van der Waals surface area contributed by atoms with Crippen LogP contribution in [-0.2, 0) is 6.61 Å². The van der Waals surface area contributed by atoms with Crippen molar-refractivity contribution in [2.45, 2.75) is 13.5 Å². The average molecular weight is 381 g/mol. The molecule has 0 saturated heterocycles. The van der Waals surface area contributed by atoms with E-state index in [-0.39, 0.29) is 12.3 Å². The second kappa shape index (κ2) is 8.21. The van der Waals surface area contributed by atoms with E-state index in [9.17, 15) is 10.1 Å². The molecular weight excluding hydrogens is 362 g/mol. The second-order valence-corrected chi connectivity index (χ2v) is 5.95. The first kappa shape index (κ1) is 18.9. The number of nitrogen functional groups attached to an aromatic ring is 1. The van der Waals surface area contributed by atoms with Crippen molar-refractivity contribution in [1.29, 1.82) is 0 Å². The summed E-state index contributed by atoms with van der Waals surface area (Å²) in [6, 6.07) is 11.6. The van der Waals surface area contributed by atoms with Gasteiger partial charge < -0.3 is 15.2 Å². The van der Waals surface area contributed by atoms with Gasteiger partial charge >= 0.3 is 0 Å². The van der Waals surface area contributed by atoms with E-state index in [1.165, 1.54) is 16.8 Å². The number of aromatic nitrogens is 2. The van der Waals surface area contributed by atoms with Gasteiger partial charge in [-0.15, -0.1) is 0 Å². The van der Waals surface area contributed by atoms with Crippen molar-refractivity contribution in [3.8, 4) is 11.5 Å². The van der Waals surface area contributed by atoms with Crippen LogP contribution in [0, 0.1) is 17.0 Å². The summed E-state index contributed by atoms with van der Waals surface area (Å²) in [6.45, 7) is 2.09. The van der Waals surface area contributed by atoms with E-state index >= 15 is 0 Å². The summed E-state index contributed by atoms with van der Waals surface area (Å²) >= 11 is 0. The first-order valence-corrected chi connectivity index (χ1v) is 8.36. The summed E-state index contributed by atoms with van der Waals surface area (Å²) in [6.07, 6.45) is 3.37. The number of ether oxygens (including phenoxy) is 2. The highest BCUT2D eigenvalue weighted by atomic mass is 16.6. The maximum absolute atomic E-state index is 10.7. The molecule has 0 aliphatic rings. The van der Waals surface area contributed by atoms with Crippen LogP contribution in [0.2, 0.25) is 0 Å². The van der Waals surface area contributed by atoms with Crippen LogP contribution in [0.1, 0.15) is 16.8 Å². The Morgan fingerprint density at radius 3 is 2.61 bits per heavy atom. The monoisotopic (exact) mass is 381 g/mol. The van der Waals surface area contributed by atoms with Gasteiger partial charge in [-0.3, -0.25) is 10.1 Å². The van der Waals surface area contributed by atoms with Crippen LogP contribution in [0.25, 0.3) is 0 Å². The third-order valence-corrected chi connectivity index (χ3v) is 3.90. The van der Waals surface area contributed by atoms with Crippen molar-refractivity contribution in [2.24, 2.45) is 5.10 Å². The molecule has 0 amide bonds. The van der Waals surface area contributed by atoms with E-state index in [2.05, 4.69) is 10.1 Å². The van der Waals surface area contributed by atoms with E-state index < -0.39 is 4.92 Å². The lowest BCUT2D eigenvalue weighted by molar-refractivity contribution is -0.384. The van der Waals surface area contributed by atoms with Crippen molar-refractivity contribution in [1.82, 2.24) is 9.66 Å².